The van der Waals surface area contributed by atoms with Crippen molar-refractivity contribution < 1.29 is 9.31 Å². The van der Waals surface area contributed by atoms with Crippen molar-refractivity contribution in [3.63, 3.8) is 0 Å². The summed E-state index contributed by atoms with van der Waals surface area (Å²) in [4.78, 5) is 0. The molecule has 0 radical (unpaired) electrons. The number of hydrogen-bond donors (Lipinski definition) is 0. The molecule has 1 aliphatic carbocycles. The van der Waals surface area contributed by atoms with Crippen LogP contribution in [0.5, 0.6) is 0 Å². The zero-order valence-electron chi connectivity index (χ0n) is 13.5. The predicted molar refractivity (Wildman–Crippen MR) is 83.4 cm³/mol. The lowest BCUT2D eigenvalue weighted by molar-refractivity contribution is 0.00578. The van der Waals surface area contributed by atoms with Gasteiger partial charge in [-0.15, -0.1) is 0 Å². The molecule has 0 spiro atoms. The van der Waals surface area contributed by atoms with E-state index in [9.17, 15) is 0 Å². The fourth-order valence-corrected chi connectivity index (χ4v) is 3.28. The second-order valence-corrected chi connectivity index (χ2v) is 7.47. The molecule has 0 saturated carbocycles. The van der Waals surface area contributed by atoms with Crippen molar-refractivity contribution >= 4 is 12.6 Å². The average molecular weight is 272 g/mol. The van der Waals surface area contributed by atoms with Crippen LogP contribution in [-0.2, 0) is 15.7 Å². The van der Waals surface area contributed by atoms with Gasteiger partial charge in [0.15, 0.2) is 0 Å². The topological polar surface area (TPSA) is 18.5 Å². The summed E-state index contributed by atoms with van der Waals surface area (Å²) in [6.45, 7) is 13.1. The minimum atomic E-state index is -0.268. The number of hydrogen-bond acceptors (Lipinski definition) is 2. The van der Waals surface area contributed by atoms with E-state index >= 15 is 0 Å². The van der Waals surface area contributed by atoms with Crippen LogP contribution in [0.3, 0.4) is 0 Å². The third-order valence-electron chi connectivity index (χ3n) is 5.63. The zero-order valence-corrected chi connectivity index (χ0v) is 13.5. The van der Waals surface area contributed by atoms with E-state index in [0.29, 0.717) is 11.8 Å². The Morgan fingerprint density at radius 1 is 1.05 bits per heavy atom. The largest absolute Gasteiger partial charge is 0.495 e. The van der Waals surface area contributed by atoms with Gasteiger partial charge in [0.05, 0.1) is 11.2 Å². The van der Waals surface area contributed by atoms with Gasteiger partial charge in [-0.3, -0.25) is 0 Å². The third-order valence-corrected chi connectivity index (χ3v) is 5.63. The third kappa shape index (κ3) is 1.94. The first-order valence-corrected chi connectivity index (χ1v) is 7.70. The SMILES string of the molecule is CC1Cc2c(B3OC(C)(C)C(C)(C)O3)cccc2C1C. The van der Waals surface area contributed by atoms with E-state index in [1.807, 2.05) is 0 Å². The van der Waals surface area contributed by atoms with E-state index in [0.717, 1.165) is 6.42 Å². The molecule has 108 valence electrons. The molecule has 0 bridgehead atoms. The maximum atomic E-state index is 6.22. The monoisotopic (exact) mass is 272 g/mol. The second-order valence-electron chi connectivity index (χ2n) is 7.47. The van der Waals surface area contributed by atoms with Crippen LogP contribution >= 0.6 is 0 Å². The van der Waals surface area contributed by atoms with Crippen LogP contribution in [0.4, 0.5) is 0 Å². The van der Waals surface area contributed by atoms with E-state index < -0.39 is 0 Å². The van der Waals surface area contributed by atoms with Gasteiger partial charge >= 0.3 is 7.12 Å². The number of fused-ring (bicyclic) bond motifs is 1. The summed E-state index contributed by atoms with van der Waals surface area (Å²) < 4.78 is 12.4. The second kappa shape index (κ2) is 4.35. The maximum Gasteiger partial charge on any atom is 0.495 e. The fraction of sp³-hybridized carbons (Fsp3) is 0.647. The minimum Gasteiger partial charge on any atom is -0.399 e. The fourth-order valence-electron chi connectivity index (χ4n) is 3.28. The molecule has 1 fully saturated rings. The predicted octanol–water partition coefficient (Wildman–Crippen LogP) is 3.28. The highest BCUT2D eigenvalue weighted by molar-refractivity contribution is 6.62. The van der Waals surface area contributed by atoms with Crippen LogP contribution in [0, 0.1) is 5.92 Å². The lowest BCUT2D eigenvalue weighted by Gasteiger charge is -2.32. The molecule has 3 heteroatoms. The van der Waals surface area contributed by atoms with E-state index in [-0.39, 0.29) is 18.3 Å². The van der Waals surface area contributed by atoms with Gasteiger partial charge in [0, 0.05) is 0 Å². The number of rotatable bonds is 1. The van der Waals surface area contributed by atoms with Gasteiger partial charge in [-0.05, 0) is 62.5 Å². The van der Waals surface area contributed by atoms with Gasteiger partial charge in [-0.1, -0.05) is 32.0 Å². The standard InChI is InChI=1S/C17H25BO2/c1-11-10-14-13(12(11)2)8-7-9-15(14)18-19-16(3,4)17(5,6)20-18/h7-9,11-12H,10H2,1-6H3. The molecule has 1 aromatic carbocycles. The summed E-state index contributed by atoms with van der Waals surface area (Å²) in [6, 6.07) is 6.58. The Labute approximate surface area is 123 Å². The Morgan fingerprint density at radius 3 is 2.25 bits per heavy atom. The lowest BCUT2D eigenvalue weighted by atomic mass is 9.75. The first-order valence-electron chi connectivity index (χ1n) is 7.70. The van der Waals surface area contributed by atoms with Gasteiger partial charge in [0.25, 0.3) is 0 Å². The molecular formula is C17H25BO2. The number of benzene rings is 1. The van der Waals surface area contributed by atoms with Crippen molar-refractivity contribution in [3.8, 4) is 0 Å². The van der Waals surface area contributed by atoms with Crippen molar-refractivity contribution in [2.75, 3.05) is 0 Å². The molecule has 1 heterocycles. The Bertz CT molecular complexity index is 520. The molecule has 0 amide bonds. The summed E-state index contributed by atoms with van der Waals surface area (Å²) in [7, 11) is -0.229. The Balaban J connectivity index is 1.99. The van der Waals surface area contributed by atoms with Crippen LogP contribution < -0.4 is 5.46 Å². The Morgan fingerprint density at radius 2 is 1.65 bits per heavy atom. The molecule has 2 atom stereocenters. The molecule has 1 aliphatic heterocycles. The molecule has 1 saturated heterocycles. The van der Waals surface area contributed by atoms with E-state index in [4.69, 9.17) is 9.31 Å². The smallest absolute Gasteiger partial charge is 0.399 e. The molecule has 2 aliphatic rings. The average Bonchev–Trinajstić information content (AvgIpc) is 2.74. The molecule has 20 heavy (non-hydrogen) atoms. The first kappa shape index (κ1) is 14.2. The lowest BCUT2D eigenvalue weighted by Crippen LogP contribution is -2.41. The van der Waals surface area contributed by atoms with Crippen molar-refractivity contribution in [1.29, 1.82) is 0 Å². The highest BCUT2D eigenvalue weighted by atomic mass is 16.7. The van der Waals surface area contributed by atoms with Gasteiger partial charge < -0.3 is 9.31 Å². The highest BCUT2D eigenvalue weighted by Crippen LogP contribution is 2.40. The molecular weight excluding hydrogens is 247 g/mol. The van der Waals surface area contributed by atoms with Crippen molar-refractivity contribution in [3.05, 3.63) is 29.3 Å². The molecule has 1 aromatic rings. The maximum absolute atomic E-state index is 6.22. The van der Waals surface area contributed by atoms with Crippen molar-refractivity contribution in [1.82, 2.24) is 0 Å². The van der Waals surface area contributed by atoms with Crippen molar-refractivity contribution in [2.24, 2.45) is 5.92 Å². The van der Waals surface area contributed by atoms with Gasteiger partial charge in [0.1, 0.15) is 0 Å². The molecule has 0 aromatic heterocycles. The Hall–Kier alpha value is -0.795. The van der Waals surface area contributed by atoms with Crippen LogP contribution in [-0.4, -0.2) is 18.3 Å². The van der Waals surface area contributed by atoms with Crippen molar-refractivity contribution in [2.45, 2.75) is 65.1 Å². The quantitative estimate of drug-likeness (QED) is 0.730. The summed E-state index contributed by atoms with van der Waals surface area (Å²) in [5.41, 5.74) is 3.62. The molecule has 2 unspecified atom stereocenters. The van der Waals surface area contributed by atoms with Crippen LogP contribution in [0.15, 0.2) is 18.2 Å². The van der Waals surface area contributed by atoms with E-state index in [1.54, 1.807) is 0 Å². The zero-order chi connectivity index (χ0) is 14.7. The van der Waals surface area contributed by atoms with Crippen LogP contribution in [0.25, 0.3) is 0 Å². The normalized spacial score (nSPS) is 30.6. The first-order chi connectivity index (χ1) is 9.23. The summed E-state index contributed by atoms with van der Waals surface area (Å²) in [5, 5.41) is 0. The molecule has 2 nitrogen and oxygen atoms in total. The molecule has 3 rings (SSSR count). The summed E-state index contributed by atoms with van der Waals surface area (Å²) in [6.07, 6.45) is 1.14. The van der Waals surface area contributed by atoms with E-state index in [2.05, 4.69) is 59.7 Å². The summed E-state index contributed by atoms with van der Waals surface area (Å²) in [5.74, 6) is 1.33. The van der Waals surface area contributed by atoms with Gasteiger partial charge in [0.2, 0.25) is 0 Å². The summed E-state index contributed by atoms with van der Waals surface area (Å²) >= 11 is 0. The van der Waals surface area contributed by atoms with E-state index in [1.165, 1.54) is 16.6 Å². The van der Waals surface area contributed by atoms with Gasteiger partial charge in [-0.2, -0.15) is 0 Å². The van der Waals surface area contributed by atoms with Crippen LogP contribution in [0.1, 0.15) is 58.6 Å². The van der Waals surface area contributed by atoms with Crippen LogP contribution in [0.2, 0.25) is 0 Å². The minimum absolute atomic E-state index is 0.229. The molecule has 0 N–H and O–H groups in total. The highest BCUT2D eigenvalue weighted by Gasteiger charge is 2.52. The Kier molecular flexibility index (Phi) is 3.08. The van der Waals surface area contributed by atoms with Gasteiger partial charge in [-0.25, -0.2) is 0 Å².